The Morgan fingerprint density at radius 1 is 1.16 bits per heavy atom. The molecule has 0 rings (SSSR count). The predicted octanol–water partition coefficient (Wildman–Crippen LogP) is 1.29. The molecule has 6 nitrogen and oxygen atoms in total. The number of carbonyl (C=O) groups excluding carboxylic acids is 2. The van der Waals surface area contributed by atoms with E-state index < -0.39 is 11.9 Å². The van der Waals surface area contributed by atoms with Gasteiger partial charge in [-0.05, 0) is 26.7 Å². The van der Waals surface area contributed by atoms with Gasteiger partial charge in [-0.1, -0.05) is 6.92 Å². The molecule has 110 valence electrons. The number of hydrogen-bond acceptors (Lipinski definition) is 4. The molecule has 0 radical (unpaired) electrons. The number of rotatable bonds is 8. The molecule has 1 N–H and O–H groups in total. The zero-order valence-corrected chi connectivity index (χ0v) is 12.0. The van der Waals surface area contributed by atoms with E-state index >= 15 is 0 Å². The maximum Gasteiger partial charge on any atom is 0.325 e. The fraction of sp³-hybridized carbons (Fsp3) is 0.769. The first-order valence-electron chi connectivity index (χ1n) is 6.44. The summed E-state index contributed by atoms with van der Waals surface area (Å²) in [7, 11) is 0. The van der Waals surface area contributed by atoms with Crippen LogP contribution < -0.4 is 0 Å². The van der Waals surface area contributed by atoms with E-state index in [2.05, 4.69) is 0 Å². The molecule has 0 saturated heterocycles. The number of hydrogen-bond donors (Lipinski definition) is 1. The van der Waals surface area contributed by atoms with Gasteiger partial charge in [0.25, 0.3) is 0 Å². The molecule has 0 aliphatic heterocycles. The molecule has 0 aliphatic carbocycles. The first-order valence-corrected chi connectivity index (χ1v) is 6.44. The minimum absolute atomic E-state index is 0.0585. The number of ether oxygens (including phenoxy) is 1. The van der Waals surface area contributed by atoms with Crippen LogP contribution in [-0.2, 0) is 19.1 Å². The Hall–Kier alpha value is -1.59. The summed E-state index contributed by atoms with van der Waals surface area (Å²) < 4.78 is 4.82. The second-order valence-corrected chi connectivity index (χ2v) is 4.83. The van der Waals surface area contributed by atoms with E-state index in [1.54, 1.807) is 27.7 Å². The molecule has 0 aliphatic rings. The van der Waals surface area contributed by atoms with Crippen LogP contribution in [0.3, 0.4) is 0 Å². The molecule has 1 unspecified atom stereocenters. The van der Waals surface area contributed by atoms with Crippen molar-refractivity contribution in [2.45, 2.75) is 46.6 Å². The van der Waals surface area contributed by atoms with Crippen molar-refractivity contribution in [3.05, 3.63) is 0 Å². The average Bonchev–Trinajstić information content (AvgIpc) is 2.24. The lowest BCUT2D eigenvalue weighted by molar-refractivity contribution is -0.150. The highest BCUT2D eigenvalue weighted by atomic mass is 16.5. The minimum Gasteiger partial charge on any atom is -0.481 e. The maximum absolute atomic E-state index is 12.0. The lowest BCUT2D eigenvalue weighted by Crippen LogP contribution is -2.41. The van der Waals surface area contributed by atoms with Gasteiger partial charge < -0.3 is 14.7 Å². The number of nitrogens with zero attached hydrogens (tertiary/aromatic N) is 1. The number of carboxylic acid groups (broad SMARTS) is 1. The molecule has 1 atom stereocenters. The quantitative estimate of drug-likeness (QED) is 0.674. The third-order valence-corrected chi connectivity index (χ3v) is 2.59. The maximum atomic E-state index is 12.0. The van der Waals surface area contributed by atoms with E-state index in [4.69, 9.17) is 9.84 Å². The van der Waals surface area contributed by atoms with Gasteiger partial charge >= 0.3 is 11.9 Å². The Morgan fingerprint density at radius 3 is 2.16 bits per heavy atom. The predicted molar refractivity (Wildman–Crippen MR) is 69.5 cm³/mol. The van der Waals surface area contributed by atoms with Crippen molar-refractivity contribution in [2.24, 2.45) is 5.92 Å². The molecule has 0 aromatic carbocycles. The molecule has 19 heavy (non-hydrogen) atoms. The topological polar surface area (TPSA) is 83.9 Å². The van der Waals surface area contributed by atoms with Gasteiger partial charge in [-0.3, -0.25) is 14.4 Å². The molecule has 0 aromatic rings. The van der Waals surface area contributed by atoms with Crippen molar-refractivity contribution in [3.63, 3.8) is 0 Å². The minimum atomic E-state index is -0.929. The fourth-order valence-electron chi connectivity index (χ4n) is 1.69. The Bertz CT molecular complexity index is 327. The summed E-state index contributed by atoms with van der Waals surface area (Å²) in [6, 6.07) is -0.131. The summed E-state index contributed by atoms with van der Waals surface area (Å²) in [4.78, 5) is 35.4. The summed E-state index contributed by atoms with van der Waals surface area (Å²) in [5.41, 5.74) is 0. The summed E-state index contributed by atoms with van der Waals surface area (Å²) in [5, 5.41) is 8.66. The van der Waals surface area contributed by atoms with Crippen LogP contribution in [-0.4, -0.2) is 47.0 Å². The van der Waals surface area contributed by atoms with Crippen LogP contribution in [0.4, 0.5) is 0 Å². The van der Waals surface area contributed by atoms with Crippen molar-refractivity contribution < 1.29 is 24.2 Å². The smallest absolute Gasteiger partial charge is 0.325 e. The highest BCUT2D eigenvalue weighted by Crippen LogP contribution is 2.12. The monoisotopic (exact) mass is 273 g/mol. The molecule has 0 heterocycles. The number of aliphatic carboxylic acids is 1. The fourth-order valence-corrected chi connectivity index (χ4v) is 1.69. The lowest BCUT2D eigenvalue weighted by Gasteiger charge is -2.26. The van der Waals surface area contributed by atoms with Crippen LogP contribution in [0.2, 0.25) is 0 Å². The molecular weight excluding hydrogens is 250 g/mol. The van der Waals surface area contributed by atoms with Gasteiger partial charge in [0.15, 0.2) is 0 Å². The number of esters is 1. The van der Waals surface area contributed by atoms with Gasteiger partial charge in [0, 0.05) is 18.9 Å². The molecule has 1 amide bonds. The Morgan fingerprint density at radius 2 is 1.74 bits per heavy atom. The van der Waals surface area contributed by atoms with Crippen LogP contribution in [0.1, 0.15) is 40.5 Å². The first-order chi connectivity index (χ1) is 8.77. The van der Waals surface area contributed by atoms with Gasteiger partial charge in [0.05, 0.1) is 6.61 Å². The van der Waals surface area contributed by atoms with Crippen LogP contribution in [0.5, 0.6) is 0 Å². The second kappa shape index (κ2) is 8.50. The van der Waals surface area contributed by atoms with Gasteiger partial charge in [0.2, 0.25) is 5.91 Å². The Kier molecular flexibility index (Phi) is 7.79. The van der Waals surface area contributed by atoms with Crippen molar-refractivity contribution in [3.8, 4) is 0 Å². The number of carboxylic acids is 1. The highest BCUT2D eigenvalue weighted by Gasteiger charge is 2.23. The van der Waals surface area contributed by atoms with Gasteiger partial charge in [-0.25, -0.2) is 0 Å². The van der Waals surface area contributed by atoms with E-state index in [0.717, 1.165) is 0 Å². The van der Waals surface area contributed by atoms with Gasteiger partial charge in [0.1, 0.15) is 6.54 Å². The molecule has 6 heteroatoms. The number of carbonyl (C=O) groups is 3. The van der Waals surface area contributed by atoms with E-state index in [1.807, 2.05) is 0 Å². The Labute approximate surface area is 113 Å². The molecule has 0 saturated carbocycles. The highest BCUT2D eigenvalue weighted by molar-refractivity contribution is 5.82. The summed E-state index contributed by atoms with van der Waals surface area (Å²) in [5.74, 6) is -1.86. The second-order valence-electron chi connectivity index (χ2n) is 4.83. The largest absolute Gasteiger partial charge is 0.481 e. The molecule has 0 fully saturated rings. The van der Waals surface area contributed by atoms with E-state index in [1.165, 1.54) is 4.90 Å². The van der Waals surface area contributed by atoms with Crippen molar-refractivity contribution in [2.75, 3.05) is 13.2 Å². The van der Waals surface area contributed by atoms with Gasteiger partial charge in [-0.2, -0.15) is 0 Å². The van der Waals surface area contributed by atoms with Crippen molar-refractivity contribution in [1.29, 1.82) is 0 Å². The summed E-state index contributed by atoms with van der Waals surface area (Å²) in [6.45, 7) is 7.19. The summed E-state index contributed by atoms with van der Waals surface area (Å²) >= 11 is 0. The lowest BCUT2D eigenvalue weighted by atomic mass is 10.0. The van der Waals surface area contributed by atoms with Crippen LogP contribution >= 0.6 is 0 Å². The van der Waals surface area contributed by atoms with E-state index in [0.29, 0.717) is 0 Å². The van der Waals surface area contributed by atoms with Crippen LogP contribution in [0, 0.1) is 5.92 Å². The van der Waals surface area contributed by atoms with Gasteiger partial charge in [-0.15, -0.1) is 0 Å². The first kappa shape index (κ1) is 17.4. The average molecular weight is 273 g/mol. The standard InChI is InChI=1S/C13H23NO5/c1-5-19-13(18)8-14(9(2)3)11(15)6-10(4)7-12(16)17/h9-10H,5-8H2,1-4H3,(H,16,17). The third-order valence-electron chi connectivity index (χ3n) is 2.59. The molecule has 0 bridgehead atoms. The third kappa shape index (κ3) is 7.43. The SMILES string of the molecule is CCOC(=O)CN(C(=O)CC(C)CC(=O)O)C(C)C. The zero-order valence-electron chi connectivity index (χ0n) is 12.0. The molecule has 0 aromatic heterocycles. The van der Waals surface area contributed by atoms with E-state index in [9.17, 15) is 14.4 Å². The van der Waals surface area contributed by atoms with E-state index in [-0.39, 0.29) is 43.9 Å². The zero-order chi connectivity index (χ0) is 15.0. The van der Waals surface area contributed by atoms with Crippen LogP contribution in [0.25, 0.3) is 0 Å². The molecule has 0 spiro atoms. The Balaban J connectivity index is 4.49. The number of amides is 1. The van der Waals surface area contributed by atoms with Crippen LogP contribution in [0.15, 0.2) is 0 Å². The van der Waals surface area contributed by atoms with Crippen molar-refractivity contribution >= 4 is 17.8 Å². The normalized spacial score (nSPS) is 12.1. The summed E-state index contributed by atoms with van der Waals surface area (Å²) in [6.07, 6.45) is 0.0565. The molecular formula is C13H23NO5. The van der Waals surface area contributed by atoms with Crippen molar-refractivity contribution in [1.82, 2.24) is 4.90 Å².